The van der Waals surface area contributed by atoms with Gasteiger partial charge in [0.2, 0.25) is 5.75 Å². The molecule has 0 spiro atoms. The van der Waals surface area contributed by atoms with Crippen LogP contribution in [0.4, 0.5) is 0 Å². The van der Waals surface area contributed by atoms with Crippen molar-refractivity contribution in [1.82, 2.24) is 4.90 Å². The van der Waals surface area contributed by atoms with Gasteiger partial charge < -0.3 is 24.8 Å². The van der Waals surface area contributed by atoms with Crippen molar-refractivity contribution in [1.29, 1.82) is 0 Å². The van der Waals surface area contributed by atoms with Crippen LogP contribution >= 0.6 is 0 Å². The smallest absolute Gasteiger partial charge is 0.203 e. The second kappa shape index (κ2) is 7.52. The lowest BCUT2D eigenvalue weighted by molar-refractivity contribution is 0.207. The highest BCUT2D eigenvalue weighted by Crippen LogP contribution is 2.40. The third kappa shape index (κ3) is 4.51. The molecule has 0 heterocycles. The first kappa shape index (κ1) is 17.6. The van der Waals surface area contributed by atoms with Crippen LogP contribution in [-0.2, 0) is 6.54 Å². The summed E-state index contributed by atoms with van der Waals surface area (Å²) in [7, 11) is 6.95. The Labute approximate surface area is 128 Å². The lowest BCUT2D eigenvalue weighted by atomic mass is 9.93. The van der Waals surface area contributed by atoms with E-state index in [1.807, 2.05) is 12.1 Å². The summed E-state index contributed by atoms with van der Waals surface area (Å²) in [5, 5.41) is 0. The fraction of sp³-hybridized carbons (Fsp3) is 0.625. The summed E-state index contributed by atoms with van der Waals surface area (Å²) in [4.78, 5) is 2.23. The Hall–Kier alpha value is -1.46. The number of nitrogens with zero attached hydrogens (tertiary/aromatic N) is 1. The van der Waals surface area contributed by atoms with E-state index in [1.165, 1.54) is 0 Å². The van der Waals surface area contributed by atoms with Crippen molar-refractivity contribution < 1.29 is 14.2 Å². The van der Waals surface area contributed by atoms with Crippen LogP contribution in [-0.4, -0.2) is 46.4 Å². The van der Waals surface area contributed by atoms with Gasteiger partial charge in [-0.2, -0.15) is 0 Å². The minimum atomic E-state index is 0.0819. The lowest BCUT2D eigenvalue weighted by Crippen LogP contribution is -2.36. The van der Waals surface area contributed by atoms with Crippen molar-refractivity contribution in [2.45, 2.75) is 20.4 Å². The van der Waals surface area contributed by atoms with E-state index >= 15 is 0 Å². The van der Waals surface area contributed by atoms with Gasteiger partial charge in [0.05, 0.1) is 21.3 Å². The maximum atomic E-state index is 5.80. The van der Waals surface area contributed by atoms with Crippen LogP contribution in [0.25, 0.3) is 0 Å². The molecule has 0 aliphatic rings. The van der Waals surface area contributed by atoms with E-state index in [0.29, 0.717) is 23.8 Å². The van der Waals surface area contributed by atoms with Crippen molar-refractivity contribution in [3.63, 3.8) is 0 Å². The van der Waals surface area contributed by atoms with Gasteiger partial charge in [0, 0.05) is 18.7 Å². The number of nitrogens with two attached hydrogens (primary N) is 1. The molecule has 21 heavy (non-hydrogen) atoms. The van der Waals surface area contributed by atoms with Crippen LogP contribution in [0.2, 0.25) is 0 Å². The molecule has 0 unspecified atom stereocenters. The fourth-order valence-electron chi connectivity index (χ4n) is 2.43. The molecule has 1 rings (SSSR count). The largest absolute Gasteiger partial charge is 0.493 e. The molecular formula is C16H28N2O3. The Kier molecular flexibility index (Phi) is 6.30. The molecule has 1 aromatic rings. The molecule has 5 heteroatoms. The van der Waals surface area contributed by atoms with Crippen molar-refractivity contribution >= 4 is 0 Å². The van der Waals surface area contributed by atoms with Crippen molar-refractivity contribution in [2.75, 3.05) is 41.5 Å². The number of hydrogen-bond donors (Lipinski definition) is 1. The molecule has 0 saturated heterocycles. The average molecular weight is 296 g/mol. The summed E-state index contributed by atoms with van der Waals surface area (Å²) in [6, 6.07) is 3.91. The highest BCUT2D eigenvalue weighted by Gasteiger charge is 2.21. The molecule has 0 atom stereocenters. The minimum Gasteiger partial charge on any atom is -0.493 e. The molecule has 0 aromatic heterocycles. The first-order valence-corrected chi connectivity index (χ1v) is 7.05. The minimum absolute atomic E-state index is 0.0819. The predicted molar refractivity (Wildman–Crippen MR) is 85.3 cm³/mol. The molecule has 2 N–H and O–H groups in total. The Balaban J connectivity index is 2.98. The molecule has 5 nitrogen and oxygen atoms in total. The van der Waals surface area contributed by atoms with Crippen LogP contribution in [0.5, 0.6) is 17.2 Å². The SMILES string of the molecule is COc1ccc(CN(C)CC(C)(C)CN)c(OC)c1OC. The van der Waals surface area contributed by atoms with Gasteiger partial charge in [-0.05, 0) is 25.1 Å². The quantitative estimate of drug-likeness (QED) is 0.796. The molecule has 0 saturated carbocycles. The van der Waals surface area contributed by atoms with E-state index in [4.69, 9.17) is 19.9 Å². The second-order valence-electron chi connectivity index (χ2n) is 6.03. The first-order chi connectivity index (χ1) is 9.88. The topological polar surface area (TPSA) is 57.0 Å². The molecule has 0 radical (unpaired) electrons. The highest BCUT2D eigenvalue weighted by molar-refractivity contribution is 5.55. The monoisotopic (exact) mass is 296 g/mol. The van der Waals surface area contributed by atoms with Gasteiger partial charge in [-0.25, -0.2) is 0 Å². The fourth-order valence-corrected chi connectivity index (χ4v) is 2.43. The van der Waals surface area contributed by atoms with Gasteiger partial charge in [-0.15, -0.1) is 0 Å². The van der Waals surface area contributed by atoms with Gasteiger partial charge in [0.1, 0.15) is 0 Å². The summed E-state index contributed by atoms with van der Waals surface area (Å²) in [6.45, 7) is 6.64. The molecule has 0 bridgehead atoms. The highest BCUT2D eigenvalue weighted by atomic mass is 16.5. The molecule has 0 amide bonds. The van der Waals surface area contributed by atoms with Crippen molar-refractivity contribution in [2.24, 2.45) is 11.1 Å². The molecule has 0 aliphatic carbocycles. The lowest BCUT2D eigenvalue weighted by Gasteiger charge is -2.29. The zero-order chi connectivity index (χ0) is 16.0. The van der Waals surface area contributed by atoms with Crippen LogP contribution in [0, 0.1) is 5.41 Å². The first-order valence-electron chi connectivity index (χ1n) is 7.05. The van der Waals surface area contributed by atoms with Crippen molar-refractivity contribution in [3.05, 3.63) is 17.7 Å². The van der Waals surface area contributed by atoms with E-state index in [1.54, 1.807) is 21.3 Å². The average Bonchev–Trinajstić information content (AvgIpc) is 2.45. The number of hydrogen-bond acceptors (Lipinski definition) is 5. The van der Waals surface area contributed by atoms with E-state index in [2.05, 4.69) is 25.8 Å². The molecule has 1 aromatic carbocycles. The summed E-state index contributed by atoms with van der Waals surface area (Å²) >= 11 is 0. The Morgan fingerprint density at radius 2 is 1.67 bits per heavy atom. The zero-order valence-electron chi connectivity index (χ0n) is 14.0. The van der Waals surface area contributed by atoms with E-state index in [9.17, 15) is 0 Å². The summed E-state index contributed by atoms with van der Waals surface area (Å²) in [5.74, 6) is 2.02. The van der Waals surface area contributed by atoms with Crippen LogP contribution in [0.3, 0.4) is 0 Å². The summed E-state index contributed by atoms with van der Waals surface area (Å²) in [5.41, 5.74) is 6.94. The van der Waals surface area contributed by atoms with E-state index in [0.717, 1.165) is 18.7 Å². The standard InChI is InChI=1S/C16H28N2O3/c1-16(2,10-17)11-18(3)9-12-7-8-13(19-4)15(21-6)14(12)20-5/h7-8H,9-11,17H2,1-6H3. The van der Waals surface area contributed by atoms with Crippen LogP contribution < -0.4 is 19.9 Å². The van der Waals surface area contributed by atoms with Crippen molar-refractivity contribution in [3.8, 4) is 17.2 Å². The normalized spacial score (nSPS) is 11.6. The summed E-state index contributed by atoms with van der Waals surface area (Å²) in [6.07, 6.45) is 0. The number of ether oxygens (including phenoxy) is 3. The Bertz CT molecular complexity index is 461. The van der Waals surface area contributed by atoms with Gasteiger partial charge in [-0.1, -0.05) is 19.9 Å². The summed E-state index contributed by atoms with van der Waals surface area (Å²) < 4.78 is 16.2. The van der Waals surface area contributed by atoms with Gasteiger partial charge >= 0.3 is 0 Å². The zero-order valence-corrected chi connectivity index (χ0v) is 14.0. The van der Waals surface area contributed by atoms with E-state index < -0.39 is 0 Å². The maximum Gasteiger partial charge on any atom is 0.203 e. The third-order valence-electron chi connectivity index (χ3n) is 3.48. The van der Waals surface area contributed by atoms with Gasteiger partial charge in [0.15, 0.2) is 11.5 Å². The Morgan fingerprint density at radius 1 is 1.05 bits per heavy atom. The Morgan fingerprint density at radius 3 is 2.14 bits per heavy atom. The molecule has 0 fully saturated rings. The van der Waals surface area contributed by atoms with E-state index in [-0.39, 0.29) is 5.41 Å². The molecule has 120 valence electrons. The second-order valence-corrected chi connectivity index (χ2v) is 6.03. The number of methoxy groups -OCH3 is 3. The number of rotatable bonds is 8. The van der Waals surface area contributed by atoms with Gasteiger partial charge in [-0.3, -0.25) is 0 Å². The van der Waals surface area contributed by atoms with Crippen LogP contribution in [0.15, 0.2) is 12.1 Å². The van der Waals surface area contributed by atoms with Crippen LogP contribution in [0.1, 0.15) is 19.4 Å². The molecule has 0 aliphatic heterocycles. The maximum absolute atomic E-state index is 5.80. The third-order valence-corrected chi connectivity index (χ3v) is 3.48. The molecular weight excluding hydrogens is 268 g/mol. The van der Waals surface area contributed by atoms with Gasteiger partial charge in [0.25, 0.3) is 0 Å². The predicted octanol–water partition coefficient (Wildman–Crippen LogP) is 2.13. The number of benzene rings is 1.